The zero-order valence-corrected chi connectivity index (χ0v) is 11.5. The predicted molar refractivity (Wildman–Crippen MR) is 74.3 cm³/mol. The molecule has 1 fully saturated rings. The highest BCUT2D eigenvalue weighted by molar-refractivity contribution is 5.40. The van der Waals surface area contributed by atoms with E-state index >= 15 is 0 Å². The lowest BCUT2D eigenvalue weighted by Gasteiger charge is -2.30. The molecule has 0 amide bonds. The fraction of sp³-hybridized carbons (Fsp3) is 0.600. The molecule has 2 heterocycles. The van der Waals surface area contributed by atoms with Crippen molar-refractivity contribution in [3.05, 3.63) is 22.8 Å². The molecule has 0 N–H and O–H groups in total. The van der Waals surface area contributed by atoms with E-state index in [9.17, 15) is 0 Å². The molecule has 2 heteroatoms. The summed E-state index contributed by atoms with van der Waals surface area (Å²) in [5, 5.41) is 2.81. The Bertz CT molecular complexity index is 483. The molecule has 0 atom stereocenters. The summed E-state index contributed by atoms with van der Waals surface area (Å²) in [6.45, 7) is 8.97. The van der Waals surface area contributed by atoms with Gasteiger partial charge >= 0.3 is 0 Å². The van der Waals surface area contributed by atoms with Crippen molar-refractivity contribution in [2.75, 3.05) is 20.1 Å². The van der Waals surface area contributed by atoms with Crippen LogP contribution in [0, 0.1) is 0 Å². The maximum absolute atomic E-state index is 2.48. The zero-order chi connectivity index (χ0) is 12.4. The van der Waals surface area contributed by atoms with E-state index in [0.29, 0.717) is 6.04 Å². The summed E-state index contributed by atoms with van der Waals surface area (Å²) in [6.07, 6.45) is 7.07. The van der Waals surface area contributed by atoms with Gasteiger partial charge < -0.3 is 9.47 Å². The molecule has 0 saturated carbocycles. The lowest BCUT2D eigenvalue weighted by molar-refractivity contribution is 0.219. The van der Waals surface area contributed by atoms with Crippen LogP contribution in [0.3, 0.4) is 0 Å². The van der Waals surface area contributed by atoms with Crippen LogP contribution < -0.4 is 10.6 Å². The molecule has 17 heavy (non-hydrogen) atoms. The van der Waals surface area contributed by atoms with Gasteiger partial charge in [-0.1, -0.05) is 11.6 Å². The van der Waals surface area contributed by atoms with Crippen molar-refractivity contribution < 1.29 is 0 Å². The van der Waals surface area contributed by atoms with Crippen LogP contribution in [0.4, 0.5) is 0 Å². The summed E-state index contributed by atoms with van der Waals surface area (Å²) in [4.78, 5) is 2.42. The Hall–Kier alpha value is -1.02. The summed E-state index contributed by atoms with van der Waals surface area (Å²) in [5.74, 6) is 0. The maximum atomic E-state index is 2.48. The standard InChI is InChI=1S/C15H24N2/c1-5-15-14(12(2)3)8-11-17(15)13-6-9-16(4)10-7-13/h5,8,11,13H,6-7,9-10H2,1-4H3/b15-5+. The first-order valence-electron chi connectivity index (χ1n) is 6.62. The fourth-order valence-corrected chi connectivity index (χ4v) is 2.78. The van der Waals surface area contributed by atoms with Gasteiger partial charge in [0.25, 0.3) is 0 Å². The minimum Gasteiger partial charge on any atom is -0.345 e. The SMILES string of the molecule is C/C=c1\c(=C(C)C)ccn1C1CCN(C)CC1. The Kier molecular flexibility index (Phi) is 3.72. The molecule has 1 saturated heterocycles. The molecule has 1 aromatic rings. The van der Waals surface area contributed by atoms with Crippen LogP contribution in [-0.4, -0.2) is 29.6 Å². The molecule has 1 aliphatic rings. The fourth-order valence-electron chi connectivity index (χ4n) is 2.78. The summed E-state index contributed by atoms with van der Waals surface area (Å²) in [6, 6.07) is 2.95. The zero-order valence-electron chi connectivity index (χ0n) is 11.5. The number of rotatable bonds is 1. The van der Waals surface area contributed by atoms with E-state index in [2.05, 4.69) is 55.6 Å². The van der Waals surface area contributed by atoms with Gasteiger partial charge in [0.2, 0.25) is 0 Å². The van der Waals surface area contributed by atoms with E-state index in [4.69, 9.17) is 0 Å². The quantitative estimate of drug-likeness (QED) is 0.716. The van der Waals surface area contributed by atoms with Crippen molar-refractivity contribution in [2.24, 2.45) is 0 Å². The highest BCUT2D eigenvalue weighted by Gasteiger charge is 2.18. The summed E-state index contributed by atoms with van der Waals surface area (Å²) < 4.78 is 2.48. The molecular weight excluding hydrogens is 208 g/mol. The van der Waals surface area contributed by atoms with Gasteiger partial charge in [0, 0.05) is 17.6 Å². The van der Waals surface area contributed by atoms with Crippen LogP contribution >= 0.6 is 0 Å². The van der Waals surface area contributed by atoms with E-state index in [-0.39, 0.29) is 0 Å². The topological polar surface area (TPSA) is 8.17 Å². The number of hydrogen-bond donors (Lipinski definition) is 0. The van der Waals surface area contributed by atoms with Crippen LogP contribution in [0.5, 0.6) is 0 Å². The summed E-state index contributed by atoms with van der Waals surface area (Å²) in [5.41, 5.74) is 1.41. The van der Waals surface area contributed by atoms with Crippen molar-refractivity contribution in [2.45, 2.75) is 39.7 Å². The first-order valence-corrected chi connectivity index (χ1v) is 6.62. The smallest absolute Gasteiger partial charge is 0.0438 e. The largest absolute Gasteiger partial charge is 0.345 e. The van der Waals surface area contributed by atoms with E-state index in [1.807, 2.05) is 0 Å². The van der Waals surface area contributed by atoms with Crippen LogP contribution in [0.2, 0.25) is 0 Å². The Balaban J connectivity index is 2.38. The van der Waals surface area contributed by atoms with Gasteiger partial charge in [0.1, 0.15) is 0 Å². The molecule has 0 spiro atoms. The van der Waals surface area contributed by atoms with Gasteiger partial charge in [-0.3, -0.25) is 0 Å². The molecule has 2 nitrogen and oxygen atoms in total. The van der Waals surface area contributed by atoms with E-state index in [0.717, 1.165) is 0 Å². The monoisotopic (exact) mass is 232 g/mol. The van der Waals surface area contributed by atoms with Crippen molar-refractivity contribution in [3.63, 3.8) is 0 Å². The van der Waals surface area contributed by atoms with Crippen molar-refractivity contribution >= 4 is 11.6 Å². The average molecular weight is 232 g/mol. The molecule has 1 aromatic heterocycles. The number of piperidine rings is 1. The van der Waals surface area contributed by atoms with E-state index in [1.165, 1.54) is 42.1 Å². The number of nitrogens with zero attached hydrogens (tertiary/aromatic N) is 2. The Morgan fingerprint density at radius 3 is 2.47 bits per heavy atom. The van der Waals surface area contributed by atoms with Gasteiger partial charge in [-0.2, -0.15) is 0 Å². The molecular formula is C15H24N2. The second-order valence-corrected chi connectivity index (χ2v) is 5.35. The summed E-state index contributed by atoms with van der Waals surface area (Å²) in [7, 11) is 2.22. The average Bonchev–Trinajstić information content (AvgIpc) is 2.73. The Morgan fingerprint density at radius 1 is 1.29 bits per heavy atom. The van der Waals surface area contributed by atoms with Crippen molar-refractivity contribution in [1.82, 2.24) is 9.47 Å². The van der Waals surface area contributed by atoms with Crippen LogP contribution in [0.1, 0.15) is 39.7 Å². The number of likely N-dealkylation sites (tertiary alicyclic amines) is 1. The molecule has 2 rings (SSSR count). The molecule has 1 aliphatic heterocycles. The highest BCUT2D eigenvalue weighted by Crippen LogP contribution is 2.19. The van der Waals surface area contributed by atoms with Crippen LogP contribution in [-0.2, 0) is 0 Å². The van der Waals surface area contributed by atoms with E-state index in [1.54, 1.807) is 0 Å². The molecule has 0 aliphatic carbocycles. The van der Waals surface area contributed by atoms with Crippen LogP contribution in [0.15, 0.2) is 12.3 Å². The molecule has 0 radical (unpaired) electrons. The second-order valence-electron chi connectivity index (χ2n) is 5.35. The van der Waals surface area contributed by atoms with Gasteiger partial charge in [-0.05, 0) is 65.0 Å². The van der Waals surface area contributed by atoms with Gasteiger partial charge in [0.15, 0.2) is 0 Å². The molecule has 0 bridgehead atoms. The third-order valence-electron chi connectivity index (χ3n) is 3.85. The summed E-state index contributed by atoms with van der Waals surface area (Å²) >= 11 is 0. The van der Waals surface area contributed by atoms with Gasteiger partial charge in [0.05, 0.1) is 0 Å². The van der Waals surface area contributed by atoms with Gasteiger partial charge in [-0.25, -0.2) is 0 Å². The maximum Gasteiger partial charge on any atom is 0.0438 e. The first-order chi connectivity index (χ1) is 8.13. The van der Waals surface area contributed by atoms with Crippen LogP contribution in [0.25, 0.3) is 11.6 Å². The molecule has 94 valence electrons. The van der Waals surface area contributed by atoms with Gasteiger partial charge in [-0.15, -0.1) is 0 Å². The minimum atomic E-state index is 0.686. The first kappa shape index (κ1) is 12.4. The van der Waals surface area contributed by atoms with E-state index < -0.39 is 0 Å². The Labute approximate surface area is 104 Å². The predicted octanol–water partition coefficient (Wildman–Crippen LogP) is 1.75. The second kappa shape index (κ2) is 5.09. The molecule has 0 unspecified atom stereocenters. The minimum absolute atomic E-state index is 0.686. The highest BCUT2D eigenvalue weighted by atomic mass is 15.1. The molecule has 0 aromatic carbocycles. The number of hydrogen-bond acceptors (Lipinski definition) is 1. The Morgan fingerprint density at radius 2 is 1.94 bits per heavy atom. The van der Waals surface area contributed by atoms with Crippen molar-refractivity contribution in [1.29, 1.82) is 0 Å². The normalized spacial score (nSPS) is 19.9. The lowest BCUT2D eigenvalue weighted by atomic mass is 10.1. The lowest BCUT2D eigenvalue weighted by Crippen LogP contribution is -2.37. The third kappa shape index (κ3) is 2.47. The van der Waals surface area contributed by atoms with Crippen molar-refractivity contribution in [3.8, 4) is 0 Å². The number of aromatic nitrogens is 1. The third-order valence-corrected chi connectivity index (χ3v) is 3.85.